The Bertz CT molecular complexity index is 1110. The lowest BCUT2D eigenvalue weighted by molar-refractivity contribution is -0.113. The minimum atomic E-state index is -0.413. The van der Waals surface area contributed by atoms with Gasteiger partial charge < -0.3 is 5.32 Å². The van der Waals surface area contributed by atoms with Gasteiger partial charge in [-0.05, 0) is 24.0 Å². The zero-order chi connectivity index (χ0) is 21.3. The van der Waals surface area contributed by atoms with E-state index in [0.29, 0.717) is 20.9 Å². The molecule has 0 aliphatic rings. The first kappa shape index (κ1) is 21.4. The zero-order valence-corrected chi connectivity index (χ0v) is 19.1. The molecule has 0 unspecified atom stereocenters. The fraction of sp³-hybridized carbons (Fsp3) is 0.450. The molecule has 2 aromatic heterocycles. The predicted molar refractivity (Wildman–Crippen MR) is 118 cm³/mol. The monoisotopic (exact) mass is 431 g/mol. The van der Waals surface area contributed by atoms with Gasteiger partial charge in [0.1, 0.15) is 5.69 Å². The minimum absolute atomic E-state index is 0.112. The lowest BCUT2D eigenvalue weighted by Gasteiger charge is -2.16. The van der Waals surface area contributed by atoms with Gasteiger partial charge in [0.15, 0.2) is 4.34 Å². The Morgan fingerprint density at radius 1 is 1.28 bits per heavy atom. The van der Waals surface area contributed by atoms with Gasteiger partial charge in [0.05, 0.1) is 5.75 Å². The van der Waals surface area contributed by atoms with Crippen molar-refractivity contribution in [3.63, 3.8) is 0 Å². The smallest absolute Gasteiger partial charge is 0.297 e. The van der Waals surface area contributed by atoms with Crippen LogP contribution in [0.3, 0.4) is 0 Å². The van der Waals surface area contributed by atoms with Crippen molar-refractivity contribution < 1.29 is 4.79 Å². The zero-order valence-electron chi connectivity index (χ0n) is 17.4. The van der Waals surface area contributed by atoms with E-state index >= 15 is 0 Å². The van der Waals surface area contributed by atoms with Crippen LogP contribution >= 0.6 is 23.1 Å². The number of nitrogens with zero attached hydrogens (tertiary/aromatic N) is 4. The highest BCUT2D eigenvalue weighted by Gasteiger charge is 2.23. The van der Waals surface area contributed by atoms with Crippen LogP contribution < -0.4 is 10.9 Å². The molecule has 1 N–H and O–H groups in total. The Morgan fingerprint density at radius 2 is 2.00 bits per heavy atom. The molecule has 0 fully saturated rings. The van der Waals surface area contributed by atoms with Crippen LogP contribution in [0.25, 0.3) is 4.96 Å². The molecule has 0 bridgehead atoms. The second-order valence-corrected chi connectivity index (χ2v) is 10.4. The van der Waals surface area contributed by atoms with Crippen LogP contribution in [0.4, 0.5) is 5.69 Å². The Balaban J connectivity index is 1.75. The maximum atomic E-state index is 12.6. The number of para-hydroxylation sites is 1. The maximum Gasteiger partial charge on any atom is 0.297 e. The molecular weight excluding hydrogens is 406 g/mol. The van der Waals surface area contributed by atoms with Gasteiger partial charge in [0.25, 0.3) is 5.56 Å². The van der Waals surface area contributed by atoms with E-state index < -0.39 is 5.41 Å². The van der Waals surface area contributed by atoms with E-state index in [2.05, 4.69) is 34.5 Å². The number of benzene rings is 1. The van der Waals surface area contributed by atoms with Crippen LogP contribution in [0, 0.1) is 6.92 Å². The summed E-state index contributed by atoms with van der Waals surface area (Å²) < 4.78 is 1.88. The highest BCUT2D eigenvalue weighted by molar-refractivity contribution is 8.01. The Morgan fingerprint density at radius 3 is 2.66 bits per heavy atom. The fourth-order valence-electron chi connectivity index (χ4n) is 2.87. The van der Waals surface area contributed by atoms with Crippen molar-refractivity contribution in [1.29, 1.82) is 0 Å². The standard InChI is InChI=1S/C20H25N5O2S2/c1-11(2)13-9-7-8-12(3)15(13)21-14(26)10-28-19-24-25-17(27)16(20(4,5)6)22-23-18(25)29-19/h7-9,11H,10H2,1-6H3,(H,21,26). The summed E-state index contributed by atoms with van der Waals surface area (Å²) >= 11 is 2.54. The fourth-order valence-corrected chi connectivity index (χ4v) is 4.54. The SMILES string of the molecule is Cc1cccc(C(C)C)c1NC(=O)CSc1nn2c(=O)c(C(C)(C)C)nnc2s1. The van der Waals surface area contributed by atoms with E-state index in [-0.39, 0.29) is 17.2 Å². The van der Waals surface area contributed by atoms with Gasteiger partial charge in [-0.1, -0.05) is 75.9 Å². The van der Waals surface area contributed by atoms with E-state index in [0.717, 1.165) is 16.8 Å². The Hall–Kier alpha value is -2.26. The van der Waals surface area contributed by atoms with E-state index in [1.54, 1.807) is 0 Å². The highest BCUT2D eigenvalue weighted by Crippen LogP contribution is 2.28. The molecule has 154 valence electrons. The topological polar surface area (TPSA) is 89.3 Å². The molecule has 29 heavy (non-hydrogen) atoms. The number of aryl methyl sites for hydroxylation is 1. The molecule has 3 aromatic rings. The maximum absolute atomic E-state index is 12.6. The summed E-state index contributed by atoms with van der Waals surface area (Å²) in [5.41, 5.74) is 2.70. The van der Waals surface area contributed by atoms with Gasteiger partial charge in [-0.2, -0.15) is 4.52 Å². The molecule has 0 spiro atoms. The van der Waals surface area contributed by atoms with Crippen LogP contribution in [-0.2, 0) is 10.2 Å². The number of fused-ring (bicyclic) bond motifs is 1. The van der Waals surface area contributed by atoms with Gasteiger partial charge >= 0.3 is 0 Å². The largest absolute Gasteiger partial charge is 0.325 e. The van der Waals surface area contributed by atoms with Crippen LogP contribution in [-0.4, -0.2) is 31.5 Å². The summed E-state index contributed by atoms with van der Waals surface area (Å²) in [6.07, 6.45) is 0. The third-order valence-corrected chi connectivity index (χ3v) is 6.43. The summed E-state index contributed by atoms with van der Waals surface area (Å²) in [5, 5.41) is 15.6. The van der Waals surface area contributed by atoms with E-state index in [9.17, 15) is 9.59 Å². The number of thioether (sulfide) groups is 1. The van der Waals surface area contributed by atoms with Crippen LogP contribution in [0.1, 0.15) is 57.4 Å². The molecule has 1 amide bonds. The van der Waals surface area contributed by atoms with E-state index in [4.69, 9.17) is 0 Å². The number of aromatic nitrogens is 4. The lowest BCUT2D eigenvalue weighted by Crippen LogP contribution is -2.30. The van der Waals surface area contributed by atoms with Crippen molar-refractivity contribution in [3.05, 3.63) is 45.4 Å². The van der Waals surface area contributed by atoms with Crippen molar-refractivity contribution in [3.8, 4) is 0 Å². The number of carbonyl (C=O) groups is 1. The van der Waals surface area contributed by atoms with Crippen molar-refractivity contribution in [2.45, 2.75) is 57.2 Å². The van der Waals surface area contributed by atoms with Gasteiger partial charge in [-0.25, -0.2) is 0 Å². The Labute approximate surface area is 177 Å². The summed E-state index contributed by atoms with van der Waals surface area (Å²) in [7, 11) is 0. The summed E-state index contributed by atoms with van der Waals surface area (Å²) in [4.78, 5) is 25.6. The number of nitrogens with one attached hydrogen (secondary N) is 1. The first-order valence-electron chi connectivity index (χ1n) is 9.37. The first-order valence-corrected chi connectivity index (χ1v) is 11.2. The molecule has 9 heteroatoms. The second-order valence-electron chi connectivity index (χ2n) is 8.20. The molecule has 0 saturated heterocycles. The number of hydrogen-bond acceptors (Lipinski definition) is 7. The molecule has 0 aliphatic heterocycles. The van der Waals surface area contributed by atoms with Gasteiger partial charge in [-0.15, -0.1) is 15.3 Å². The lowest BCUT2D eigenvalue weighted by atomic mass is 9.93. The number of amides is 1. The number of hydrogen-bond donors (Lipinski definition) is 1. The molecule has 3 rings (SSSR count). The van der Waals surface area contributed by atoms with Crippen LogP contribution in [0.2, 0.25) is 0 Å². The number of rotatable bonds is 5. The Kier molecular flexibility index (Phi) is 6.09. The molecular formula is C20H25N5O2S2. The highest BCUT2D eigenvalue weighted by atomic mass is 32.2. The molecule has 0 radical (unpaired) electrons. The summed E-state index contributed by atoms with van der Waals surface area (Å²) in [5.74, 6) is 0.392. The summed E-state index contributed by atoms with van der Waals surface area (Å²) in [6, 6.07) is 6.02. The molecule has 0 aliphatic carbocycles. The van der Waals surface area contributed by atoms with Crippen LogP contribution in [0.5, 0.6) is 0 Å². The van der Waals surface area contributed by atoms with Crippen LogP contribution in [0.15, 0.2) is 27.3 Å². The minimum Gasteiger partial charge on any atom is -0.325 e. The van der Waals surface area contributed by atoms with E-state index in [1.165, 1.54) is 27.6 Å². The number of anilines is 1. The second kappa shape index (κ2) is 8.23. The molecule has 0 atom stereocenters. The van der Waals surface area contributed by atoms with Crippen molar-refractivity contribution in [1.82, 2.24) is 19.8 Å². The predicted octanol–water partition coefficient (Wildman–Crippen LogP) is 4.01. The van der Waals surface area contributed by atoms with Crippen molar-refractivity contribution in [2.75, 3.05) is 11.1 Å². The van der Waals surface area contributed by atoms with Gasteiger partial charge in [0, 0.05) is 11.1 Å². The molecule has 0 saturated carbocycles. The number of carbonyl (C=O) groups excluding carboxylic acids is 1. The third kappa shape index (κ3) is 4.67. The quantitative estimate of drug-likeness (QED) is 0.614. The third-order valence-electron chi connectivity index (χ3n) is 4.40. The first-order chi connectivity index (χ1) is 13.6. The van der Waals surface area contributed by atoms with Crippen molar-refractivity contribution >= 4 is 39.7 Å². The van der Waals surface area contributed by atoms with Crippen molar-refractivity contribution in [2.24, 2.45) is 0 Å². The summed E-state index contributed by atoms with van der Waals surface area (Å²) in [6.45, 7) is 11.9. The average Bonchev–Trinajstić information content (AvgIpc) is 3.05. The molecule has 2 heterocycles. The van der Waals surface area contributed by atoms with E-state index in [1.807, 2.05) is 45.9 Å². The average molecular weight is 432 g/mol. The molecule has 7 nitrogen and oxygen atoms in total. The van der Waals surface area contributed by atoms with Gasteiger partial charge in [0.2, 0.25) is 10.9 Å². The van der Waals surface area contributed by atoms with Gasteiger partial charge in [-0.3, -0.25) is 9.59 Å². The normalized spacial score (nSPS) is 12.0. The molecule has 1 aromatic carbocycles.